The molecule has 0 bridgehead atoms. The van der Waals surface area contributed by atoms with Crippen LogP contribution in [0.2, 0.25) is 5.02 Å². The number of thiazole rings is 1. The van der Waals surface area contributed by atoms with Gasteiger partial charge in [-0.05, 0) is 36.9 Å². The summed E-state index contributed by atoms with van der Waals surface area (Å²) < 4.78 is 29.2. The Kier molecular flexibility index (Phi) is 5.65. The zero-order chi connectivity index (χ0) is 16.3. The van der Waals surface area contributed by atoms with Crippen LogP contribution in [-0.2, 0) is 5.60 Å². The second-order valence-corrected chi connectivity index (χ2v) is 6.79. The zero-order valence-electron chi connectivity index (χ0n) is 12.0. The molecule has 0 amide bonds. The molecule has 0 aliphatic carbocycles. The van der Waals surface area contributed by atoms with E-state index in [1.165, 1.54) is 11.3 Å². The van der Waals surface area contributed by atoms with E-state index in [-0.39, 0.29) is 5.02 Å². The summed E-state index contributed by atoms with van der Waals surface area (Å²) in [5, 5.41) is 12.9. The number of nitrogens with one attached hydrogen (secondary N) is 1. The predicted molar refractivity (Wildman–Crippen MR) is 87.4 cm³/mol. The van der Waals surface area contributed by atoms with Crippen LogP contribution in [0.5, 0.6) is 0 Å². The van der Waals surface area contributed by atoms with E-state index in [0.29, 0.717) is 28.6 Å². The summed E-state index contributed by atoms with van der Waals surface area (Å²) in [6.07, 6.45) is 1.13. The summed E-state index contributed by atoms with van der Waals surface area (Å²) in [5.74, 6) is -1.94. The molecule has 1 aromatic carbocycles. The quantitative estimate of drug-likeness (QED) is 0.546. The van der Waals surface area contributed by atoms with Gasteiger partial charge in [-0.15, -0.1) is 11.3 Å². The molecular formula is C14H15ClF2N2OS2. The summed E-state index contributed by atoms with van der Waals surface area (Å²) in [6.45, 7) is 3.79. The summed E-state index contributed by atoms with van der Waals surface area (Å²) in [5.41, 5.74) is -0.345. The average molecular weight is 365 g/mol. The van der Waals surface area contributed by atoms with Gasteiger partial charge in [0.2, 0.25) is 0 Å². The van der Waals surface area contributed by atoms with Gasteiger partial charge in [0.1, 0.15) is 5.60 Å². The van der Waals surface area contributed by atoms with Crippen LogP contribution >= 0.6 is 34.9 Å². The van der Waals surface area contributed by atoms with Crippen LogP contribution in [0.1, 0.15) is 32.4 Å². The van der Waals surface area contributed by atoms with Crippen molar-refractivity contribution in [2.45, 2.75) is 37.2 Å². The van der Waals surface area contributed by atoms with Gasteiger partial charge >= 0.3 is 0 Å². The van der Waals surface area contributed by atoms with Crippen LogP contribution in [0.4, 0.5) is 13.9 Å². The number of benzene rings is 1. The third-order valence-electron chi connectivity index (χ3n) is 3.37. The lowest BCUT2D eigenvalue weighted by Crippen LogP contribution is -2.23. The van der Waals surface area contributed by atoms with Crippen molar-refractivity contribution in [1.82, 2.24) is 4.98 Å². The van der Waals surface area contributed by atoms with Crippen molar-refractivity contribution < 1.29 is 13.9 Å². The molecule has 0 atom stereocenters. The Hall–Kier alpha value is -0.890. The highest BCUT2D eigenvalue weighted by molar-refractivity contribution is 8.00. The van der Waals surface area contributed by atoms with Crippen LogP contribution in [-0.4, -0.2) is 10.1 Å². The first-order valence-electron chi connectivity index (χ1n) is 6.65. The van der Waals surface area contributed by atoms with E-state index in [4.69, 9.17) is 11.6 Å². The molecule has 2 N–H and O–H groups in total. The van der Waals surface area contributed by atoms with Gasteiger partial charge in [0.15, 0.2) is 16.8 Å². The Labute approximate surface area is 140 Å². The molecule has 2 aromatic rings. The molecule has 0 saturated carbocycles. The molecule has 22 heavy (non-hydrogen) atoms. The minimum Gasteiger partial charge on any atom is -0.384 e. The Morgan fingerprint density at radius 2 is 1.95 bits per heavy atom. The van der Waals surface area contributed by atoms with Gasteiger partial charge < -0.3 is 9.83 Å². The lowest BCUT2D eigenvalue weighted by atomic mass is 9.94. The van der Waals surface area contributed by atoms with E-state index in [2.05, 4.69) is 9.71 Å². The molecule has 0 spiro atoms. The Morgan fingerprint density at radius 1 is 1.32 bits per heavy atom. The van der Waals surface area contributed by atoms with Gasteiger partial charge in [-0.2, -0.15) is 0 Å². The maximum absolute atomic E-state index is 13.2. The smallest absolute Gasteiger partial charge is 0.193 e. The molecular weight excluding hydrogens is 350 g/mol. The van der Waals surface area contributed by atoms with Crippen molar-refractivity contribution in [3.05, 3.63) is 39.9 Å². The lowest BCUT2D eigenvalue weighted by molar-refractivity contribution is 0.0247. The highest BCUT2D eigenvalue weighted by Crippen LogP contribution is 2.34. The monoisotopic (exact) mass is 364 g/mol. The second-order valence-electron chi connectivity index (χ2n) is 4.68. The summed E-state index contributed by atoms with van der Waals surface area (Å²) >= 11 is 8.23. The van der Waals surface area contributed by atoms with Crippen LogP contribution < -0.4 is 4.72 Å². The van der Waals surface area contributed by atoms with Crippen molar-refractivity contribution in [3.63, 3.8) is 0 Å². The normalized spacial score (nSPS) is 11.7. The van der Waals surface area contributed by atoms with Crippen molar-refractivity contribution >= 4 is 40.0 Å². The number of nitrogens with zero attached hydrogens (tertiary/aromatic N) is 1. The molecule has 3 nitrogen and oxygen atoms in total. The Balaban J connectivity index is 2.10. The molecule has 0 fully saturated rings. The zero-order valence-corrected chi connectivity index (χ0v) is 14.4. The predicted octanol–water partition coefficient (Wildman–Crippen LogP) is 5.20. The van der Waals surface area contributed by atoms with E-state index >= 15 is 0 Å². The fourth-order valence-electron chi connectivity index (χ4n) is 1.83. The van der Waals surface area contributed by atoms with Gasteiger partial charge in [-0.1, -0.05) is 25.4 Å². The molecule has 1 aromatic heterocycles. The minimum atomic E-state index is -0.984. The summed E-state index contributed by atoms with van der Waals surface area (Å²) in [7, 11) is 0. The first-order chi connectivity index (χ1) is 10.4. The SMILES string of the molecule is CCC(O)(CC)c1csc(NSc2cc(F)c(F)cc2Cl)n1. The van der Waals surface area contributed by atoms with E-state index in [1.807, 2.05) is 13.8 Å². The fourth-order valence-corrected chi connectivity index (χ4v) is 3.62. The molecule has 1 heterocycles. The highest BCUT2D eigenvalue weighted by atomic mass is 35.5. The van der Waals surface area contributed by atoms with Gasteiger partial charge in [-0.3, -0.25) is 0 Å². The number of aromatic nitrogens is 1. The Bertz CT molecular complexity index is 662. The van der Waals surface area contributed by atoms with Crippen LogP contribution in [0.25, 0.3) is 0 Å². The van der Waals surface area contributed by atoms with E-state index in [9.17, 15) is 13.9 Å². The molecule has 0 radical (unpaired) electrons. The van der Waals surface area contributed by atoms with Crippen molar-refractivity contribution in [2.75, 3.05) is 4.72 Å². The highest BCUT2D eigenvalue weighted by Gasteiger charge is 2.27. The summed E-state index contributed by atoms with van der Waals surface area (Å²) in [4.78, 5) is 4.69. The average Bonchev–Trinajstić information content (AvgIpc) is 2.98. The number of anilines is 1. The maximum atomic E-state index is 13.2. The van der Waals surface area contributed by atoms with E-state index in [0.717, 1.165) is 24.1 Å². The second kappa shape index (κ2) is 7.12. The molecule has 120 valence electrons. The van der Waals surface area contributed by atoms with E-state index in [1.54, 1.807) is 5.38 Å². The van der Waals surface area contributed by atoms with E-state index < -0.39 is 17.2 Å². The lowest BCUT2D eigenvalue weighted by Gasteiger charge is -2.22. The molecule has 0 saturated heterocycles. The number of hydrogen-bond acceptors (Lipinski definition) is 5. The fraction of sp³-hybridized carbons (Fsp3) is 0.357. The molecule has 0 aliphatic rings. The third-order valence-corrected chi connectivity index (χ3v) is 5.54. The standard InChI is InChI=1S/C14H15ClF2N2OS2/c1-3-14(20,4-2)12-7-21-13(18-12)19-22-11-6-10(17)9(16)5-8(11)15/h5-7,20H,3-4H2,1-2H3,(H,18,19). The van der Waals surface area contributed by atoms with Crippen molar-refractivity contribution in [2.24, 2.45) is 0 Å². The van der Waals surface area contributed by atoms with Gasteiger partial charge in [0, 0.05) is 5.38 Å². The third kappa shape index (κ3) is 3.71. The summed E-state index contributed by atoms with van der Waals surface area (Å²) in [6, 6.07) is 1.96. The van der Waals surface area contributed by atoms with Crippen LogP contribution in [0, 0.1) is 11.6 Å². The molecule has 8 heteroatoms. The first kappa shape index (κ1) is 17.5. The van der Waals surface area contributed by atoms with Crippen LogP contribution in [0.3, 0.4) is 0 Å². The van der Waals surface area contributed by atoms with Gasteiger partial charge in [0.05, 0.1) is 15.6 Å². The maximum Gasteiger partial charge on any atom is 0.193 e. The number of halogens is 3. The Morgan fingerprint density at radius 3 is 2.59 bits per heavy atom. The van der Waals surface area contributed by atoms with Crippen molar-refractivity contribution in [3.8, 4) is 0 Å². The van der Waals surface area contributed by atoms with Crippen LogP contribution in [0.15, 0.2) is 22.4 Å². The number of rotatable bonds is 6. The molecule has 0 aliphatic heterocycles. The molecule has 0 unspecified atom stereocenters. The topological polar surface area (TPSA) is 45.1 Å². The number of hydrogen-bond donors (Lipinski definition) is 2. The number of aliphatic hydroxyl groups is 1. The largest absolute Gasteiger partial charge is 0.384 e. The van der Waals surface area contributed by atoms with Gasteiger partial charge in [0.25, 0.3) is 0 Å². The first-order valence-corrected chi connectivity index (χ1v) is 8.72. The van der Waals surface area contributed by atoms with Gasteiger partial charge in [-0.25, -0.2) is 13.8 Å². The molecule has 2 rings (SSSR count). The minimum absolute atomic E-state index is 0.117. The van der Waals surface area contributed by atoms with Crippen molar-refractivity contribution in [1.29, 1.82) is 0 Å².